The van der Waals surface area contributed by atoms with Gasteiger partial charge in [-0.3, -0.25) is 4.79 Å². The number of hydrogen-bond donors (Lipinski definition) is 1. The summed E-state index contributed by atoms with van der Waals surface area (Å²) >= 11 is 0. The minimum atomic E-state index is -0.749. The highest BCUT2D eigenvalue weighted by molar-refractivity contribution is 5.75. The van der Waals surface area contributed by atoms with Crippen LogP contribution in [0.4, 0.5) is 0 Å². The van der Waals surface area contributed by atoms with Crippen molar-refractivity contribution in [3.05, 3.63) is 35.4 Å². The van der Waals surface area contributed by atoms with Crippen LogP contribution >= 0.6 is 0 Å². The quantitative estimate of drug-likeness (QED) is 0.865. The molecule has 2 heteroatoms. The van der Waals surface area contributed by atoms with Crippen LogP contribution in [0, 0.1) is 5.41 Å². The third-order valence-electron chi connectivity index (χ3n) is 4.46. The highest BCUT2D eigenvalue weighted by Gasteiger charge is 2.29. The highest BCUT2D eigenvalue weighted by Crippen LogP contribution is 2.43. The van der Waals surface area contributed by atoms with Gasteiger partial charge in [-0.2, -0.15) is 0 Å². The normalized spacial score (nSPS) is 23.8. The second kappa shape index (κ2) is 5.36. The summed E-state index contributed by atoms with van der Waals surface area (Å²) in [4.78, 5) is 11.1. The number of carboxylic acids is 1. The van der Waals surface area contributed by atoms with E-state index in [0.29, 0.717) is 11.3 Å². The zero-order valence-corrected chi connectivity index (χ0v) is 12.1. The van der Waals surface area contributed by atoms with Crippen molar-refractivity contribution in [3.8, 4) is 0 Å². The zero-order chi connectivity index (χ0) is 14.0. The first-order valence-corrected chi connectivity index (χ1v) is 7.22. The van der Waals surface area contributed by atoms with Gasteiger partial charge in [-0.25, -0.2) is 0 Å². The Labute approximate surface area is 115 Å². The van der Waals surface area contributed by atoms with Gasteiger partial charge in [0, 0.05) is 0 Å². The van der Waals surface area contributed by atoms with E-state index in [4.69, 9.17) is 5.11 Å². The molecule has 0 saturated heterocycles. The molecule has 0 heterocycles. The van der Waals surface area contributed by atoms with Crippen molar-refractivity contribution in [2.75, 3.05) is 0 Å². The van der Waals surface area contributed by atoms with E-state index in [1.807, 2.05) is 12.1 Å². The van der Waals surface area contributed by atoms with E-state index in [0.717, 1.165) is 5.56 Å². The fourth-order valence-corrected chi connectivity index (χ4v) is 3.21. The van der Waals surface area contributed by atoms with Crippen LogP contribution in [0.3, 0.4) is 0 Å². The third-order valence-corrected chi connectivity index (χ3v) is 4.46. The molecule has 2 unspecified atom stereocenters. The lowest BCUT2D eigenvalue weighted by Gasteiger charge is -2.35. The molecule has 1 fully saturated rings. The molecule has 1 aromatic carbocycles. The van der Waals surface area contributed by atoms with Gasteiger partial charge >= 0.3 is 5.97 Å². The molecule has 0 radical (unpaired) electrons. The molecule has 1 aliphatic rings. The summed E-state index contributed by atoms with van der Waals surface area (Å²) in [5, 5.41) is 9.12. The van der Waals surface area contributed by atoms with Crippen LogP contribution in [0.5, 0.6) is 0 Å². The summed E-state index contributed by atoms with van der Waals surface area (Å²) < 4.78 is 0. The number of carbonyl (C=O) groups is 1. The maximum absolute atomic E-state index is 11.1. The Hall–Kier alpha value is -1.31. The van der Waals surface area contributed by atoms with Gasteiger partial charge in [0.1, 0.15) is 0 Å². The fourth-order valence-electron chi connectivity index (χ4n) is 3.21. The van der Waals surface area contributed by atoms with E-state index in [1.165, 1.54) is 31.2 Å². The van der Waals surface area contributed by atoms with Crippen LogP contribution in [0.2, 0.25) is 0 Å². The first-order chi connectivity index (χ1) is 8.89. The molecule has 1 aromatic rings. The van der Waals surface area contributed by atoms with Crippen molar-refractivity contribution in [2.45, 2.75) is 58.3 Å². The van der Waals surface area contributed by atoms with Crippen molar-refractivity contribution in [1.29, 1.82) is 0 Å². The van der Waals surface area contributed by atoms with E-state index >= 15 is 0 Å². The Balaban J connectivity index is 2.21. The minimum absolute atomic E-state index is 0.414. The lowest BCUT2D eigenvalue weighted by molar-refractivity contribution is -0.138. The molecule has 0 bridgehead atoms. The van der Waals surface area contributed by atoms with E-state index < -0.39 is 11.9 Å². The molecular formula is C17H24O2. The number of aliphatic carboxylic acids is 1. The predicted molar refractivity (Wildman–Crippen MR) is 77.5 cm³/mol. The number of hydrogen-bond acceptors (Lipinski definition) is 1. The van der Waals surface area contributed by atoms with Gasteiger partial charge in [-0.1, -0.05) is 44.5 Å². The molecule has 1 aliphatic carbocycles. The van der Waals surface area contributed by atoms with Crippen LogP contribution in [0.15, 0.2) is 24.3 Å². The minimum Gasteiger partial charge on any atom is -0.481 e. The molecular weight excluding hydrogens is 236 g/mol. The third kappa shape index (κ3) is 3.37. The van der Waals surface area contributed by atoms with Crippen LogP contribution in [0.1, 0.15) is 69.4 Å². The summed E-state index contributed by atoms with van der Waals surface area (Å²) in [7, 11) is 0. The van der Waals surface area contributed by atoms with Gasteiger partial charge in [-0.15, -0.1) is 0 Å². The number of carboxylic acid groups (broad SMARTS) is 1. The smallest absolute Gasteiger partial charge is 0.310 e. The molecule has 104 valence electrons. The Morgan fingerprint density at radius 2 is 2.16 bits per heavy atom. The second-order valence-electron chi connectivity index (χ2n) is 6.69. The van der Waals surface area contributed by atoms with Crippen molar-refractivity contribution in [1.82, 2.24) is 0 Å². The Bertz CT molecular complexity index is 462. The van der Waals surface area contributed by atoms with E-state index in [9.17, 15) is 4.79 Å². The Morgan fingerprint density at radius 1 is 1.42 bits per heavy atom. The Morgan fingerprint density at radius 3 is 2.79 bits per heavy atom. The van der Waals surface area contributed by atoms with Gasteiger partial charge in [0.15, 0.2) is 0 Å². The first-order valence-electron chi connectivity index (χ1n) is 7.22. The summed E-state index contributed by atoms with van der Waals surface area (Å²) in [6.07, 6.45) is 5.01. The van der Waals surface area contributed by atoms with E-state index in [-0.39, 0.29) is 0 Å². The van der Waals surface area contributed by atoms with Crippen molar-refractivity contribution in [2.24, 2.45) is 5.41 Å². The second-order valence-corrected chi connectivity index (χ2v) is 6.69. The molecule has 19 heavy (non-hydrogen) atoms. The fraction of sp³-hybridized carbons (Fsp3) is 0.588. The molecule has 1 N–H and O–H groups in total. The first kappa shape index (κ1) is 14.1. The van der Waals surface area contributed by atoms with E-state index in [2.05, 4.69) is 26.0 Å². The summed E-state index contributed by atoms with van der Waals surface area (Å²) in [5.74, 6) is -0.581. The lowest BCUT2D eigenvalue weighted by atomic mass is 9.70. The summed E-state index contributed by atoms with van der Waals surface area (Å²) in [5.41, 5.74) is 2.66. The average Bonchev–Trinajstić information content (AvgIpc) is 2.36. The van der Waals surface area contributed by atoms with Crippen LogP contribution < -0.4 is 0 Å². The molecule has 2 rings (SSSR count). The van der Waals surface area contributed by atoms with Gasteiger partial charge in [0.25, 0.3) is 0 Å². The average molecular weight is 260 g/mol. The maximum Gasteiger partial charge on any atom is 0.310 e. The number of rotatable bonds is 3. The standard InChI is InChI=1S/C17H24O2/c1-12(16(18)19)13-6-4-7-14(10-13)15-8-5-9-17(2,3)11-15/h4,6-7,10,12,15H,5,8-9,11H2,1-3H3,(H,18,19). The zero-order valence-electron chi connectivity index (χ0n) is 12.1. The van der Waals surface area contributed by atoms with Gasteiger partial charge in [-0.05, 0) is 48.6 Å². The van der Waals surface area contributed by atoms with Crippen molar-refractivity contribution < 1.29 is 9.90 Å². The summed E-state index contributed by atoms with van der Waals surface area (Å²) in [6, 6.07) is 8.19. The van der Waals surface area contributed by atoms with E-state index in [1.54, 1.807) is 6.92 Å². The lowest BCUT2D eigenvalue weighted by Crippen LogP contribution is -2.21. The van der Waals surface area contributed by atoms with Gasteiger partial charge in [0.2, 0.25) is 0 Å². The molecule has 0 aromatic heterocycles. The highest BCUT2D eigenvalue weighted by atomic mass is 16.4. The predicted octanol–water partition coefficient (Wildman–Crippen LogP) is 4.56. The van der Waals surface area contributed by atoms with Crippen LogP contribution in [0.25, 0.3) is 0 Å². The largest absolute Gasteiger partial charge is 0.481 e. The van der Waals surface area contributed by atoms with Gasteiger partial charge in [0.05, 0.1) is 5.92 Å². The SMILES string of the molecule is CC(C(=O)O)c1cccc(C2CCCC(C)(C)C2)c1. The molecule has 2 atom stereocenters. The molecule has 0 spiro atoms. The van der Waals surface area contributed by atoms with Crippen molar-refractivity contribution in [3.63, 3.8) is 0 Å². The molecule has 2 nitrogen and oxygen atoms in total. The summed E-state index contributed by atoms with van der Waals surface area (Å²) in [6.45, 7) is 6.43. The van der Waals surface area contributed by atoms with Crippen LogP contribution in [-0.4, -0.2) is 11.1 Å². The number of benzene rings is 1. The topological polar surface area (TPSA) is 37.3 Å². The Kier molecular flexibility index (Phi) is 3.98. The van der Waals surface area contributed by atoms with Gasteiger partial charge < -0.3 is 5.11 Å². The monoisotopic (exact) mass is 260 g/mol. The van der Waals surface area contributed by atoms with Crippen molar-refractivity contribution >= 4 is 5.97 Å². The molecule has 0 amide bonds. The van der Waals surface area contributed by atoms with Crippen LogP contribution in [-0.2, 0) is 4.79 Å². The molecule has 1 saturated carbocycles. The molecule has 0 aliphatic heterocycles. The maximum atomic E-state index is 11.1.